The molecule has 7 heteroatoms. The highest BCUT2D eigenvalue weighted by Crippen LogP contribution is 2.25. The summed E-state index contributed by atoms with van der Waals surface area (Å²) in [6.45, 7) is 8.17. The normalized spacial score (nSPS) is 10.5. The standard InChI is InChI=1S/C23H24BrN3O2S/c1-4-27(5-2)18-10-11-19(15(3)14-18)25-23(30)26-22(28)21-13-12-20(29-21)16-6-8-17(24)9-7-16/h6-14H,4-5H2,1-3H3,(H2,25,26,28,30). The van der Waals surface area contributed by atoms with Crippen LogP contribution in [0.1, 0.15) is 30.0 Å². The highest BCUT2D eigenvalue weighted by atomic mass is 79.9. The van der Waals surface area contributed by atoms with Crippen LogP contribution >= 0.6 is 28.1 Å². The summed E-state index contributed by atoms with van der Waals surface area (Å²) in [5.41, 5.74) is 3.95. The van der Waals surface area contributed by atoms with E-state index in [4.69, 9.17) is 16.6 Å². The third-order valence-corrected chi connectivity index (χ3v) is 5.51. The van der Waals surface area contributed by atoms with Crippen LogP contribution in [0.3, 0.4) is 0 Å². The first-order valence-electron chi connectivity index (χ1n) is 9.75. The molecule has 0 bridgehead atoms. The van der Waals surface area contributed by atoms with Gasteiger partial charge in [0.25, 0.3) is 5.91 Å². The van der Waals surface area contributed by atoms with Gasteiger partial charge in [0.1, 0.15) is 5.76 Å². The Morgan fingerprint density at radius 1 is 1.07 bits per heavy atom. The highest BCUT2D eigenvalue weighted by molar-refractivity contribution is 9.10. The van der Waals surface area contributed by atoms with Gasteiger partial charge < -0.3 is 14.6 Å². The maximum atomic E-state index is 12.5. The van der Waals surface area contributed by atoms with E-state index in [0.717, 1.165) is 40.1 Å². The summed E-state index contributed by atoms with van der Waals surface area (Å²) >= 11 is 8.72. The second-order valence-electron chi connectivity index (χ2n) is 6.75. The number of hydrogen-bond donors (Lipinski definition) is 2. The second-order valence-corrected chi connectivity index (χ2v) is 8.07. The Labute approximate surface area is 190 Å². The number of thiocarbonyl (C=S) groups is 1. The lowest BCUT2D eigenvalue weighted by Crippen LogP contribution is -2.34. The van der Waals surface area contributed by atoms with Crippen molar-refractivity contribution in [3.05, 3.63) is 70.4 Å². The topological polar surface area (TPSA) is 57.5 Å². The molecule has 0 saturated heterocycles. The van der Waals surface area contributed by atoms with Gasteiger partial charge in [0.2, 0.25) is 0 Å². The molecular formula is C23H24BrN3O2S. The molecule has 5 nitrogen and oxygen atoms in total. The lowest BCUT2D eigenvalue weighted by molar-refractivity contribution is 0.0951. The number of carbonyl (C=O) groups excluding carboxylic acids is 1. The van der Waals surface area contributed by atoms with Crippen molar-refractivity contribution in [2.24, 2.45) is 0 Å². The molecule has 1 amide bonds. The molecule has 0 unspecified atom stereocenters. The van der Waals surface area contributed by atoms with Crippen molar-refractivity contribution in [3.8, 4) is 11.3 Å². The number of hydrogen-bond acceptors (Lipinski definition) is 4. The minimum Gasteiger partial charge on any atom is -0.451 e. The number of rotatable bonds is 6. The largest absolute Gasteiger partial charge is 0.451 e. The zero-order valence-electron chi connectivity index (χ0n) is 17.2. The van der Waals surface area contributed by atoms with Crippen molar-refractivity contribution in [1.29, 1.82) is 0 Å². The summed E-state index contributed by atoms with van der Waals surface area (Å²) in [7, 11) is 0. The van der Waals surface area contributed by atoms with E-state index in [1.807, 2.05) is 43.3 Å². The van der Waals surface area contributed by atoms with E-state index in [-0.39, 0.29) is 10.9 Å². The van der Waals surface area contributed by atoms with Crippen LogP contribution in [0.2, 0.25) is 0 Å². The molecule has 0 aliphatic heterocycles. The average Bonchev–Trinajstić information content (AvgIpc) is 3.22. The maximum absolute atomic E-state index is 12.5. The van der Waals surface area contributed by atoms with E-state index in [1.165, 1.54) is 0 Å². The summed E-state index contributed by atoms with van der Waals surface area (Å²) in [4.78, 5) is 14.8. The first-order chi connectivity index (χ1) is 14.4. The van der Waals surface area contributed by atoms with Gasteiger partial charge in [-0.15, -0.1) is 0 Å². The molecule has 30 heavy (non-hydrogen) atoms. The van der Waals surface area contributed by atoms with Crippen molar-refractivity contribution >= 4 is 50.5 Å². The lowest BCUT2D eigenvalue weighted by atomic mass is 10.1. The zero-order valence-corrected chi connectivity index (χ0v) is 19.6. The summed E-state index contributed by atoms with van der Waals surface area (Å²) in [5.74, 6) is 0.424. The Morgan fingerprint density at radius 3 is 2.40 bits per heavy atom. The lowest BCUT2D eigenvalue weighted by Gasteiger charge is -2.22. The molecule has 0 spiro atoms. The van der Waals surface area contributed by atoms with E-state index in [0.29, 0.717) is 5.76 Å². The van der Waals surface area contributed by atoms with Crippen LogP contribution in [0.25, 0.3) is 11.3 Å². The molecular weight excluding hydrogens is 462 g/mol. The van der Waals surface area contributed by atoms with Gasteiger partial charge in [0.05, 0.1) is 0 Å². The first kappa shape index (κ1) is 22.1. The molecule has 0 saturated carbocycles. The Bertz CT molecular complexity index is 1040. The van der Waals surface area contributed by atoms with Gasteiger partial charge in [-0.2, -0.15) is 0 Å². The van der Waals surface area contributed by atoms with Gasteiger partial charge in [-0.3, -0.25) is 10.1 Å². The Morgan fingerprint density at radius 2 is 1.77 bits per heavy atom. The molecule has 2 N–H and O–H groups in total. The van der Waals surface area contributed by atoms with Crippen LogP contribution < -0.4 is 15.5 Å². The van der Waals surface area contributed by atoms with E-state index in [2.05, 4.69) is 51.4 Å². The number of aryl methyl sites for hydroxylation is 1. The number of halogens is 1. The Kier molecular flexibility index (Phi) is 7.29. The van der Waals surface area contributed by atoms with Gasteiger partial charge in [0.15, 0.2) is 10.9 Å². The minimum absolute atomic E-state index is 0.200. The fourth-order valence-corrected chi connectivity index (χ4v) is 3.59. The van der Waals surface area contributed by atoms with Crippen LogP contribution in [-0.4, -0.2) is 24.1 Å². The second kappa shape index (κ2) is 9.91. The summed E-state index contributed by atoms with van der Waals surface area (Å²) in [6.07, 6.45) is 0. The molecule has 1 aromatic heterocycles. The molecule has 0 atom stereocenters. The number of amides is 1. The Hall–Kier alpha value is -2.64. The fourth-order valence-electron chi connectivity index (χ4n) is 3.12. The number of anilines is 2. The quantitative estimate of drug-likeness (QED) is 0.419. The summed E-state index contributed by atoms with van der Waals surface area (Å²) in [6, 6.07) is 17.2. The van der Waals surface area contributed by atoms with Crippen molar-refractivity contribution in [3.63, 3.8) is 0 Å². The molecule has 1 heterocycles. The molecule has 156 valence electrons. The average molecular weight is 486 g/mol. The number of benzene rings is 2. The highest BCUT2D eigenvalue weighted by Gasteiger charge is 2.14. The molecule has 3 aromatic rings. The van der Waals surface area contributed by atoms with Crippen molar-refractivity contribution < 1.29 is 9.21 Å². The summed E-state index contributed by atoms with van der Waals surface area (Å²) in [5, 5.41) is 5.99. The Balaban J connectivity index is 1.64. The monoisotopic (exact) mass is 485 g/mol. The van der Waals surface area contributed by atoms with E-state index < -0.39 is 5.91 Å². The predicted molar refractivity (Wildman–Crippen MR) is 130 cm³/mol. The van der Waals surface area contributed by atoms with Crippen LogP contribution in [0.5, 0.6) is 0 Å². The van der Waals surface area contributed by atoms with Crippen LogP contribution in [-0.2, 0) is 0 Å². The number of nitrogens with zero attached hydrogens (tertiary/aromatic N) is 1. The molecule has 0 fully saturated rings. The molecule has 0 radical (unpaired) electrons. The van der Waals surface area contributed by atoms with Gasteiger partial charge in [-0.25, -0.2) is 0 Å². The van der Waals surface area contributed by atoms with E-state index in [9.17, 15) is 4.79 Å². The molecule has 3 rings (SSSR count). The van der Waals surface area contributed by atoms with Crippen molar-refractivity contribution in [2.45, 2.75) is 20.8 Å². The SMILES string of the molecule is CCN(CC)c1ccc(NC(=S)NC(=O)c2ccc(-c3ccc(Br)cc3)o2)c(C)c1. The third-order valence-electron chi connectivity index (χ3n) is 4.77. The smallest absolute Gasteiger partial charge is 0.293 e. The zero-order chi connectivity index (χ0) is 21.7. The van der Waals surface area contributed by atoms with Crippen LogP contribution in [0.15, 0.2) is 63.5 Å². The molecule has 0 aliphatic carbocycles. The molecule has 0 aliphatic rings. The number of nitrogens with one attached hydrogen (secondary N) is 2. The number of carbonyl (C=O) groups is 1. The van der Waals surface area contributed by atoms with Gasteiger partial charge in [-0.1, -0.05) is 28.1 Å². The van der Waals surface area contributed by atoms with Crippen molar-refractivity contribution in [2.75, 3.05) is 23.3 Å². The maximum Gasteiger partial charge on any atom is 0.293 e. The fraction of sp³-hybridized carbons (Fsp3) is 0.217. The summed E-state index contributed by atoms with van der Waals surface area (Å²) < 4.78 is 6.67. The third kappa shape index (κ3) is 5.29. The van der Waals surface area contributed by atoms with E-state index >= 15 is 0 Å². The predicted octanol–water partition coefficient (Wildman–Crippen LogP) is 5.99. The van der Waals surface area contributed by atoms with Gasteiger partial charge in [0, 0.05) is 34.5 Å². The molecule has 2 aromatic carbocycles. The van der Waals surface area contributed by atoms with Crippen LogP contribution in [0, 0.1) is 6.92 Å². The van der Waals surface area contributed by atoms with Crippen LogP contribution in [0.4, 0.5) is 11.4 Å². The van der Waals surface area contributed by atoms with E-state index in [1.54, 1.807) is 12.1 Å². The minimum atomic E-state index is -0.395. The first-order valence-corrected chi connectivity index (χ1v) is 10.9. The number of furan rings is 1. The van der Waals surface area contributed by atoms with Gasteiger partial charge in [-0.05, 0) is 81.0 Å². The van der Waals surface area contributed by atoms with Crippen molar-refractivity contribution in [1.82, 2.24) is 5.32 Å². The van der Waals surface area contributed by atoms with Gasteiger partial charge >= 0.3 is 0 Å².